The molecule has 0 unspecified atom stereocenters. The lowest BCUT2D eigenvalue weighted by atomic mass is 9.84. The molecule has 0 saturated heterocycles. The average Bonchev–Trinajstić information content (AvgIpc) is 3.04. The highest BCUT2D eigenvalue weighted by atomic mass is 16.6. The molecule has 1 aliphatic heterocycles. The van der Waals surface area contributed by atoms with Crippen LogP contribution in [0.3, 0.4) is 0 Å². The van der Waals surface area contributed by atoms with Crippen LogP contribution in [0.1, 0.15) is 50.9 Å². The first-order chi connectivity index (χ1) is 12.9. The van der Waals surface area contributed by atoms with Crippen molar-refractivity contribution in [3.05, 3.63) is 35.0 Å². The maximum absolute atomic E-state index is 11.8. The SMILES string of the molecule is CCc1cccc2c3c([nH]c12)[C@](CC)([C@@H](COC(C)=O)OC(C)=O)OCC3. The van der Waals surface area contributed by atoms with Crippen molar-refractivity contribution < 1.29 is 23.8 Å². The van der Waals surface area contributed by atoms with E-state index in [1.165, 1.54) is 30.4 Å². The van der Waals surface area contributed by atoms with Gasteiger partial charge in [-0.3, -0.25) is 9.59 Å². The summed E-state index contributed by atoms with van der Waals surface area (Å²) in [6, 6.07) is 6.30. The van der Waals surface area contributed by atoms with Gasteiger partial charge >= 0.3 is 11.9 Å². The summed E-state index contributed by atoms with van der Waals surface area (Å²) in [5, 5.41) is 1.18. The Hall–Kier alpha value is -2.34. The van der Waals surface area contributed by atoms with Crippen molar-refractivity contribution in [2.24, 2.45) is 0 Å². The quantitative estimate of drug-likeness (QED) is 0.785. The third kappa shape index (κ3) is 3.46. The van der Waals surface area contributed by atoms with Gasteiger partial charge in [-0.05, 0) is 30.4 Å². The van der Waals surface area contributed by atoms with Crippen LogP contribution in [0.15, 0.2) is 18.2 Å². The van der Waals surface area contributed by atoms with Gasteiger partial charge in [-0.1, -0.05) is 32.0 Å². The Morgan fingerprint density at radius 3 is 2.67 bits per heavy atom. The Bertz CT molecular complexity index is 856. The van der Waals surface area contributed by atoms with Crippen LogP contribution in [-0.2, 0) is 42.2 Å². The summed E-state index contributed by atoms with van der Waals surface area (Å²) in [5.41, 5.74) is 3.57. The van der Waals surface area contributed by atoms with Gasteiger partial charge in [0.15, 0.2) is 6.10 Å². The molecule has 6 nitrogen and oxygen atoms in total. The second kappa shape index (κ2) is 7.72. The van der Waals surface area contributed by atoms with Gasteiger partial charge in [-0.2, -0.15) is 0 Å². The Kier molecular flexibility index (Phi) is 5.56. The maximum atomic E-state index is 11.8. The molecule has 3 rings (SSSR count). The van der Waals surface area contributed by atoms with E-state index >= 15 is 0 Å². The van der Waals surface area contributed by atoms with Crippen molar-refractivity contribution in [3.63, 3.8) is 0 Å². The van der Waals surface area contributed by atoms with E-state index in [0.29, 0.717) is 13.0 Å². The summed E-state index contributed by atoms with van der Waals surface area (Å²) in [4.78, 5) is 26.7. The molecule has 1 aromatic heterocycles. The normalized spacial score (nSPS) is 20.1. The van der Waals surface area contributed by atoms with Gasteiger partial charge < -0.3 is 19.2 Å². The van der Waals surface area contributed by atoms with Crippen molar-refractivity contribution in [2.45, 2.75) is 58.7 Å². The number of aryl methyl sites for hydroxylation is 1. The first kappa shape index (κ1) is 19.4. The van der Waals surface area contributed by atoms with Gasteiger partial charge in [-0.25, -0.2) is 0 Å². The van der Waals surface area contributed by atoms with Gasteiger partial charge in [-0.15, -0.1) is 0 Å². The summed E-state index contributed by atoms with van der Waals surface area (Å²) < 4.78 is 17.0. The third-order valence-corrected chi connectivity index (χ3v) is 5.33. The predicted octanol–water partition coefficient (Wildman–Crippen LogP) is 3.40. The minimum atomic E-state index is -0.876. The van der Waals surface area contributed by atoms with Crippen molar-refractivity contribution in [3.8, 4) is 0 Å². The first-order valence-electron chi connectivity index (χ1n) is 9.50. The van der Waals surface area contributed by atoms with Gasteiger partial charge in [0.25, 0.3) is 0 Å². The van der Waals surface area contributed by atoms with Crippen molar-refractivity contribution in [1.29, 1.82) is 0 Å². The molecule has 1 N–H and O–H groups in total. The van der Waals surface area contributed by atoms with Crippen molar-refractivity contribution in [2.75, 3.05) is 13.2 Å². The van der Waals surface area contributed by atoms with Crippen molar-refractivity contribution in [1.82, 2.24) is 4.98 Å². The van der Waals surface area contributed by atoms with Crippen LogP contribution in [0.4, 0.5) is 0 Å². The summed E-state index contributed by atoms with van der Waals surface area (Å²) in [5.74, 6) is -0.847. The predicted molar refractivity (Wildman–Crippen MR) is 101 cm³/mol. The molecule has 1 aromatic carbocycles. The van der Waals surface area contributed by atoms with Crippen LogP contribution in [-0.4, -0.2) is 36.2 Å². The van der Waals surface area contributed by atoms with Crippen molar-refractivity contribution >= 4 is 22.8 Å². The molecule has 27 heavy (non-hydrogen) atoms. The number of ether oxygens (including phenoxy) is 3. The molecule has 0 fully saturated rings. The van der Waals surface area contributed by atoms with E-state index in [-0.39, 0.29) is 6.61 Å². The maximum Gasteiger partial charge on any atom is 0.303 e. The monoisotopic (exact) mass is 373 g/mol. The fourth-order valence-electron chi connectivity index (χ4n) is 4.07. The highest BCUT2D eigenvalue weighted by Gasteiger charge is 2.48. The first-order valence-corrected chi connectivity index (χ1v) is 9.50. The number of aromatic amines is 1. The number of aromatic nitrogens is 1. The van der Waals surface area contributed by atoms with E-state index < -0.39 is 23.6 Å². The van der Waals surface area contributed by atoms with Gasteiger partial charge in [0.2, 0.25) is 0 Å². The van der Waals surface area contributed by atoms with E-state index in [4.69, 9.17) is 14.2 Å². The number of esters is 2. The molecule has 6 heteroatoms. The summed E-state index contributed by atoms with van der Waals surface area (Å²) in [7, 11) is 0. The van der Waals surface area contributed by atoms with Crippen LogP contribution in [0.25, 0.3) is 10.9 Å². The Labute approximate surface area is 159 Å². The zero-order valence-electron chi connectivity index (χ0n) is 16.4. The molecule has 0 aliphatic carbocycles. The summed E-state index contributed by atoms with van der Waals surface area (Å²) in [6.07, 6.45) is 1.55. The van der Waals surface area contributed by atoms with Crippen LogP contribution in [0.5, 0.6) is 0 Å². The van der Waals surface area contributed by atoms with E-state index in [1.54, 1.807) is 0 Å². The number of carbonyl (C=O) groups excluding carboxylic acids is 2. The fourth-order valence-corrected chi connectivity index (χ4v) is 4.07. The summed E-state index contributed by atoms with van der Waals surface area (Å²) in [6.45, 7) is 7.29. The lowest BCUT2D eigenvalue weighted by molar-refractivity contribution is -0.193. The molecule has 2 heterocycles. The largest absolute Gasteiger partial charge is 0.462 e. The number of carbonyl (C=O) groups is 2. The molecular weight excluding hydrogens is 346 g/mol. The molecular formula is C21H27NO5. The molecule has 0 radical (unpaired) electrons. The molecule has 0 bridgehead atoms. The fraction of sp³-hybridized carbons (Fsp3) is 0.524. The number of hydrogen-bond acceptors (Lipinski definition) is 5. The van der Waals surface area contributed by atoms with E-state index in [9.17, 15) is 9.59 Å². The number of nitrogens with one attached hydrogen (secondary N) is 1. The standard InChI is InChI=1S/C21H27NO5/c1-5-15-8-7-9-16-17-10-11-26-21(6-2,20(17)22-19(15)16)18(27-14(4)24)12-25-13(3)23/h7-9,18,22H,5-6,10-12H2,1-4H3/t18-,21+/m1/s1. The summed E-state index contributed by atoms with van der Waals surface area (Å²) >= 11 is 0. The highest BCUT2D eigenvalue weighted by molar-refractivity contribution is 5.88. The lowest BCUT2D eigenvalue weighted by Crippen LogP contribution is -2.50. The Balaban J connectivity index is 2.15. The van der Waals surface area contributed by atoms with Crippen LogP contribution in [0.2, 0.25) is 0 Å². The molecule has 2 aromatic rings. The Morgan fingerprint density at radius 2 is 2.04 bits per heavy atom. The minimum absolute atomic E-state index is 0.0435. The average molecular weight is 373 g/mol. The van der Waals surface area contributed by atoms with Gasteiger partial charge in [0.05, 0.1) is 12.3 Å². The van der Waals surface area contributed by atoms with Crippen LogP contribution >= 0.6 is 0 Å². The van der Waals surface area contributed by atoms with Crippen LogP contribution < -0.4 is 0 Å². The third-order valence-electron chi connectivity index (χ3n) is 5.33. The number of rotatable bonds is 6. The molecule has 2 atom stereocenters. The zero-order chi connectivity index (χ0) is 19.6. The molecule has 146 valence electrons. The second-order valence-corrected chi connectivity index (χ2v) is 6.91. The van der Waals surface area contributed by atoms with E-state index in [0.717, 1.165) is 24.1 Å². The zero-order valence-corrected chi connectivity index (χ0v) is 16.4. The smallest absolute Gasteiger partial charge is 0.303 e. The topological polar surface area (TPSA) is 77.6 Å². The molecule has 1 aliphatic rings. The number of benzene rings is 1. The van der Waals surface area contributed by atoms with Crippen LogP contribution in [0, 0.1) is 0 Å². The van der Waals surface area contributed by atoms with E-state index in [1.807, 2.05) is 6.92 Å². The number of H-pyrrole nitrogens is 1. The molecule has 0 amide bonds. The Morgan fingerprint density at radius 1 is 1.26 bits per heavy atom. The van der Waals surface area contributed by atoms with E-state index in [2.05, 4.69) is 30.1 Å². The minimum Gasteiger partial charge on any atom is -0.462 e. The number of fused-ring (bicyclic) bond motifs is 3. The second-order valence-electron chi connectivity index (χ2n) is 6.91. The molecule has 0 saturated carbocycles. The molecule has 0 spiro atoms. The lowest BCUT2D eigenvalue weighted by Gasteiger charge is -2.41. The number of para-hydroxylation sites is 1. The van der Waals surface area contributed by atoms with Gasteiger partial charge in [0.1, 0.15) is 12.2 Å². The highest BCUT2D eigenvalue weighted by Crippen LogP contribution is 2.43. The number of hydrogen-bond donors (Lipinski definition) is 1. The van der Waals surface area contributed by atoms with Gasteiger partial charge in [0, 0.05) is 24.8 Å².